The summed E-state index contributed by atoms with van der Waals surface area (Å²) in [7, 11) is 0. The smallest absolute Gasteiger partial charge is 0.119 e. The fourth-order valence-electron chi connectivity index (χ4n) is 3.14. The van der Waals surface area contributed by atoms with Crippen molar-refractivity contribution in [3.8, 4) is 5.75 Å². The van der Waals surface area contributed by atoms with E-state index < -0.39 is 0 Å². The molecule has 0 saturated heterocycles. The highest BCUT2D eigenvalue weighted by Gasteiger charge is 2.31. The van der Waals surface area contributed by atoms with Crippen molar-refractivity contribution in [3.05, 3.63) is 29.8 Å². The largest absolute Gasteiger partial charge is 0.494 e. The quantitative estimate of drug-likeness (QED) is 0.747. The van der Waals surface area contributed by atoms with E-state index in [-0.39, 0.29) is 0 Å². The third-order valence-electron chi connectivity index (χ3n) is 4.19. The van der Waals surface area contributed by atoms with Gasteiger partial charge in [-0.05, 0) is 63.3 Å². The van der Waals surface area contributed by atoms with Crippen LogP contribution in [0.5, 0.6) is 5.75 Å². The Labute approximate surface area is 129 Å². The molecule has 3 nitrogen and oxygen atoms in total. The Kier molecular flexibility index (Phi) is 6.52. The van der Waals surface area contributed by atoms with Crippen LogP contribution in [0.15, 0.2) is 24.3 Å². The molecule has 0 aliphatic heterocycles. The van der Waals surface area contributed by atoms with Crippen molar-refractivity contribution in [2.24, 2.45) is 5.92 Å². The van der Waals surface area contributed by atoms with Gasteiger partial charge in [-0.1, -0.05) is 19.1 Å². The summed E-state index contributed by atoms with van der Waals surface area (Å²) in [5.74, 6) is 1.75. The van der Waals surface area contributed by atoms with Gasteiger partial charge in [-0.15, -0.1) is 0 Å². The first-order chi connectivity index (χ1) is 10.3. The van der Waals surface area contributed by atoms with Crippen molar-refractivity contribution in [2.45, 2.75) is 52.2 Å². The molecule has 1 aromatic carbocycles. The Morgan fingerprint density at radius 3 is 2.67 bits per heavy atom. The van der Waals surface area contributed by atoms with Crippen molar-refractivity contribution in [1.29, 1.82) is 0 Å². The van der Waals surface area contributed by atoms with Crippen molar-refractivity contribution in [3.63, 3.8) is 0 Å². The summed E-state index contributed by atoms with van der Waals surface area (Å²) in [6, 6.07) is 8.92. The van der Waals surface area contributed by atoms with Crippen LogP contribution < -0.4 is 10.1 Å². The lowest BCUT2D eigenvalue weighted by molar-refractivity contribution is -0.0291. The van der Waals surface area contributed by atoms with Crippen LogP contribution in [0.2, 0.25) is 0 Å². The molecular formula is C18H29NO2. The van der Waals surface area contributed by atoms with Gasteiger partial charge in [0.25, 0.3) is 0 Å². The normalized spacial score (nSPS) is 22.6. The molecule has 1 saturated carbocycles. The molecule has 21 heavy (non-hydrogen) atoms. The number of hydrogen-bond donors (Lipinski definition) is 1. The second-order valence-corrected chi connectivity index (χ2v) is 5.77. The highest BCUT2D eigenvalue weighted by Crippen LogP contribution is 2.37. The van der Waals surface area contributed by atoms with Gasteiger partial charge in [0, 0.05) is 12.6 Å². The maximum Gasteiger partial charge on any atom is 0.119 e. The molecule has 0 radical (unpaired) electrons. The fraction of sp³-hybridized carbons (Fsp3) is 0.667. The number of benzene rings is 1. The molecule has 3 heteroatoms. The first-order valence-electron chi connectivity index (χ1n) is 8.34. The Hall–Kier alpha value is -1.06. The van der Waals surface area contributed by atoms with Gasteiger partial charge < -0.3 is 14.8 Å². The van der Waals surface area contributed by atoms with E-state index in [1.54, 1.807) is 0 Å². The summed E-state index contributed by atoms with van der Waals surface area (Å²) in [5, 5.41) is 3.62. The second-order valence-electron chi connectivity index (χ2n) is 5.77. The fourth-order valence-corrected chi connectivity index (χ4v) is 3.14. The summed E-state index contributed by atoms with van der Waals surface area (Å²) in [6.45, 7) is 8.82. The number of ether oxygens (including phenoxy) is 2. The van der Waals surface area contributed by atoms with E-state index in [0.29, 0.717) is 18.8 Å². The predicted molar refractivity (Wildman–Crippen MR) is 86.8 cm³/mol. The van der Waals surface area contributed by atoms with E-state index in [2.05, 4.69) is 37.4 Å². The van der Waals surface area contributed by atoms with Crippen LogP contribution in [0.1, 0.15) is 51.6 Å². The SMILES string of the molecule is CCNC(CC1CC(OCC)C1)c1cccc(OCC)c1. The number of nitrogens with one attached hydrogen (secondary N) is 1. The molecule has 0 spiro atoms. The maximum atomic E-state index is 5.67. The van der Waals surface area contributed by atoms with Crippen LogP contribution >= 0.6 is 0 Å². The van der Waals surface area contributed by atoms with Gasteiger partial charge in [0.2, 0.25) is 0 Å². The van der Waals surface area contributed by atoms with Gasteiger partial charge in [-0.25, -0.2) is 0 Å². The highest BCUT2D eigenvalue weighted by atomic mass is 16.5. The van der Waals surface area contributed by atoms with Gasteiger partial charge in [0.15, 0.2) is 0 Å². The van der Waals surface area contributed by atoms with Crippen LogP contribution in [-0.4, -0.2) is 25.9 Å². The van der Waals surface area contributed by atoms with E-state index >= 15 is 0 Å². The molecule has 0 bridgehead atoms. The first kappa shape index (κ1) is 16.3. The molecule has 0 heterocycles. The van der Waals surface area contributed by atoms with E-state index in [1.165, 1.54) is 24.8 Å². The number of rotatable bonds is 9. The molecule has 1 unspecified atom stereocenters. The Morgan fingerprint density at radius 2 is 2.00 bits per heavy atom. The van der Waals surface area contributed by atoms with E-state index in [9.17, 15) is 0 Å². The summed E-state index contributed by atoms with van der Waals surface area (Å²) in [5.41, 5.74) is 1.34. The van der Waals surface area contributed by atoms with E-state index in [4.69, 9.17) is 9.47 Å². The van der Waals surface area contributed by atoms with Gasteiger partial charge in [-0.2, -0.15) is 0 Å². The van der Waals surface area contributed by atoms with Gasteiger partial charge in [-0.3, -0.25) is 0 Å². The topological polar surface area (TPSA) is 30.5 Å². The molecule has 1 aliphatic rings. The molecule has 0 amide bonds. The zero-order valence-electron chi connectivity index (χ0n) is 13.6. The predicted octanol–water partition coefficient (Wildman–Crippen LogP) is 3.94. The molecule has 1 atom stereocenters. The minimum Gasteiger partial charge on any atom is -0.494 e. The Balaban J connectivity index is 1.94. The lowest BCUT2D eigenvalue weighted by Crippen LogP contribution is -2.34. The van der Waals surface area contributed by atoms with Crippen molar-refractivity contribution >= 4 is 0 Å². The van der Waals surface area contributed by atoms with Crippen LogP contribution in [0.4, 0.5) is 0 Å². The molecule has 1 N–H and O–H groups in total. The number of hydrogen-bond acceptors (Lipinski definition) is 3. The molecular weight excluding hydrogens is 262 g/mol. The Bertz CT molecular complexity index is 415. The van der Waals surface area contributed by atoms with Crippen molar-refractivity contribution in [1.82, 2.24) is 5.32 Å². The minimum atomic E-state index is 0.419. The third-order valence-corrected chi connectivity index (χ3v) is 4.19. The molecule has 1 aliphatic carbocycles. The monoisotopic (exact) mass is 291 g/mol. The summed E-state index contributed by atoms with van der Waals surface area (Å²) in [6.07, 6.45) is 4.10. The standard InChI is InChI=1S/C18H29NO2/c1-4-19-18(12-14-10-17(11-14)21-6-3)15-8-7-9-16(13-15)20-5-2/h7-9,13-14,17-19H,4-6,10-12H2,1-3H3. The lowest BCUT2D eigenvalue weighted by Gasteiger charge is -2.37. The zero-order chi connectivity index (χ0) is 15.1. The van der Waals surface area contributed by atoms with Gasteiger partial charge >= 0.3 is 0 Å². The van der Waals surface area contributed by atoms with Gasteiger partial charge in [0.05, 0.1) is 12.7 Å². The molecule has 0 aromatic heterocycles. The van der Waals surface area contributed by atoms with Crippen molar-refractivity contribution < 1.29 is 9.47 Å². The van der Waals surface area contributed by atoms with Crippen LogP contribution in [-0.2, 0) is 4.74 Å². The Morgan fingerprint density at radius 1 is 1.19 bits per heavy atom. The summed E-state index contributed by atoms with van der Waals surface area (Å²) < 4.78 is 11.3. The average molecular weight is 291 g/mol. The molecule has 118 valence electrons. The van der Waals surface area contributed by atoms with Crippen LogP contribution in [0, 0.1) is 5.92 Å². The molecule has 1 fully saturated rings. The second kappa shape index (κ2) is 8.40. The summed E-state index contributed by atoms with van der Waals surface area (Å²) >= 11 is 0. The van der Waals surface area contributed by atoms with E-state index in [0.717, 1.165) is 24.8 Å². The lowest BCUT2D eigenvalue weighted by atomic mass is 9.77. The first-order valence-corrected chi connectivity index (χ1v) is 8.34. The van der Waals surface area contributed by atoms with Crippen molar-refractivity contribution in [2.75, 3.05) is 19.8 Å². The van der Waals surface area contributed by atoms with Gasteiger partial charge in [0.1, 0.15) is 5.75 Å². The third kappa shape index (κ3) is 4.72. The van der Waals surface area contributed by atoms with Crippen LogP contribution in [0.25, 0.3) is 0 Å². The molecule has 1 aromatic rings. The maximum absolute atomic E-state index is 5.67. The average Bonchev–Trinajstić information content (AvgIpc) is 2.45. The van der Waals surface area contributed by atoms with Crippen LogP contribution in [0.3, 0.4) is 0 Å². The van der Waals surface area contributed by atoms with E-state index in [1.807, 2.05) is 13.0 Å². The molecule has 2 rings (SSSR count). The zero-order valence-corrected chi connectivity index (χ0v) is 13.6. The minimum absolute atomic E-state index is 0.419. The summed E-state index contributed by atoms with van der Waals surface area (Å²) in [4.78, 5) is 0. The highest BCUT2D eigenvalue weighted by molar-refractivity contribution is 5.30.